The van der Waals surface area contributed by atoms with Gasteiger partial charge in [-0.2, -0.15) is 0 Å². The summed E-state index contributed by atoms with van der Waals surface area (Å²) in [6.45, 7) is 12.3. The van der Waals surface area contributed by atoms with E-state index in [1.54, 1.807) is 0 Å². The van der Waals surface area contributed by atoms with Gasteiger partial charge in [0.05, 0.1) is 5.92 Å². The predicted molar refractivity (Wildman–Crippen MR) is 138 cm³/mol. The van der Waals surface area contributed by atoms with Gasteiger partial charge in [0.1, 0.15) is 6.10 Å². The maximum atomic E-state index is 13.7. The van der Waals surface area contributed by atoms with Crippen LogP contribution in [-0.2, 0) is 23.9 Å². The molecular formula is C31H46O5. The summed E-state index contributed by atoms with van der Waals surface area (Å²) in [4.78, 5) is 37.5. The third kappa shape index (κ3) is 3.81. The molecule has 5 nitrogen and oxygen atoms in total. The number of esters is 2. The van der Waals surface area contributed by atoms with Crippen LogP contribution in [0.2, 0.25) is 0 Å². The van der Waals surface area contributed by atoms with E-state index in [0.717, 1.165) is 32.1 Å². The van der Waals surface area contributed by atoms with Crippen molar-refractivity contribution in [2.24, 2.45) is 46.3 Å². The highest BCUT2D eigenvalue weighted by molar-refractivity contribution is 5.91. The number of hydrogen-bond donors (Lipinski definition) is 0. The van der Waals surface area contributed by atoms with Crippen LogP contribution in [0.15, 0.2) is 11.6 Å². The fourth-order valence-corrected chi connectivity index (χ4v) is 9.95. The summed E-state index contributed by atoms with van der Waals surface area (Å²) in [5.41, 5.74) is 1.03. The lowest BCUT2D eigenvalue weighted by Gasteiger charge is -2.58. The number of cyclic esters (lactones) is 1. The smallest absolute Gasteiger partial charge is 0.309 e. The molecule has 5 heteroatoms. The van der Waals surface area contributed by atoms with Crippen LogP contribution in [-0.4, -0.2) is 29.4 Å². The van der Waals surface area contributed by atoms with Crippen molar-refractivity contribution in [2.75, 3.05) is 0 Å². The van der Waals surface area contributed by atoms with Crippen LogP contribution in [0.3, 0.4) is 0 Å². The van der Waals surface area contributed by atoms with E-state index in [0.29, 0.717) is 35.9 Å². The monoisotopic (exact) mass is 498 g/mol. The molecule has 9 atom stereocenters. The minimum Gasteiger partial charge on any atom is -0.459 e. The fraction of sp³-hybridized carbons (Fsp3) is 0.839. The lowest BCUT2D eigenvalue weighted by atomic mass is 9.46. The lowest BCUT2D eigenvalue weighted by molar-refractivity contribution is -0.212. The molecule has 0 aromatic carbocycles. The molecule has 0 bridgehead atoms. The van der Waals surface area contributed by atoms with Gasteiger partial charge >= 0.3 is 11.9 Å². The van der Waals surface area contributed by atoms with E-state index >= 15 is 0 Å². The molecule has 1 aliphatic heterocycles. The summed E-state index contributed by atoms with van der Waals surface area (Å²) in [6, 6.07) is 0. The van der Waals surface area contributed by atoms with Gasteiger partial charge in [0.15, 0.2) is 11.4 Å². The Morgan fingerprint density at radius 1 is 0.944 bits per heavy atom. The first-order chi connectivity index (χ1) is 16.9. The molecule has 1 heterocycles. The summed E-state index contributed by atoms with van der Waals surface area (Å²) in [5, 5.41) is 0. The molecule has 4 aliphatic carbocycles. The summed E-state index contributed by atoms with van der Waals surface area (Å²) >= 11 is 0. The maximum absolute atomic E-state index is 13.7. The molecule has 36 heavy (non-hydrogen) atoms. The van der Waals surface area contributed by atoms with E-state index in [1.807, 2.05) is 13.0 Å². The second-order valence-corrected chi connectivity index (χ2v) is 13.6. The second-order valence-electron chi connectivity index (χ2n) is 13.6. The molecule has 0 amide bonds. The number of rotatable bonds is 4. The zero-order chi connectivity index (χ0) is 26.0. The number of carbonyl (C=O) groups is 3. The molecule has 5 rings (SSSR count). The third-order valence-corrected chi connectivity index (χ3v) is 12.0. The highest BCUT2D eigenvalue weighted by Crippen LogP contribution is 2.68. The fourth-order valence-electron chi connectivity index (χ4n) is 9.95. The SMILES string of the molecule is CC(=O)O[C@@H](C)[C@@]1(C(C)C)CC[C@H]([C@H]2CC[C@H]3[C@@H]4CCC5=CC(=O)CC[C@]5(C)[C@H]4CC[C@]23C)C(=O)O1. The molecule has 0 radical (unpaired) electrons. The van der Waals surface area contributed by atoms with Gasteiger partial charge in [0.2, 0.25) is 0 Å². The van der Waals surface area contributed by atoms with Crippen LogP contribution in [0.25, 0.3) is 0 Å². The van der Waals surface area contributed by atoms with Crippen molar-refractivity contribution in [3.05, 3.63) is 11.6 Å². The van der Waals surface area contributed by atoms with E-state index in [-0.39, 0.29) is 34.6 Å². The van der Waals surface area contributed by atoms with Crippen molar-refractivity contribution in [1.82, 2.24) is 0 Å². The van der Waals surface area contributed by atoms with Crippen LogP contribution in [0, 0.1) is 46.3 Å². The summed E-state index contributed by atoms with van der Waals surface area (Å²) in [5.74, 6) is 2.31. The zero-order valence-corrected chi connectivity index (χ0v) is 23.2. The van der Waals surface area contributed by atoms with Crippen LogP contribution in [0.4, 0.5) is 0 Å². The van der Waals surface area contributed by atoms with E-state index in [4.69, 9.17) is 9.47 Å². The van der Waals surface area contributed by atoms with Gasteiger partial charge in [-0.05, 0) is 111 Å². The van der Waals surface area contributed by atoms with E-state index < -0.39 is 11.7 Å². The zero-order valence-electron chi connectivity index (χ0n) is 23.2. The van der Waals surface area contributed by atoms with Crippen molar-refractivity contribution in [2.45, 2.75) is 117 Å². The molecule has 0 aromatic rings. The predicted octanol–water partition coefficient (Wildman–Crippen LogP) is 6.43. The van der Waals surface area contributed by atoms with Crippen LogP contribution in [0.1, 0.15) is 106 Å². The Morgan fingerprint density at radius 3 is 2.33 bits per heavy atom. The number of ether oxygens (including phenoxy) is 2. The lowest BCUT2D eigenvalue weighted by Crippen LogP contribution is -2.57. The van der Waals surface area contributed by atoms with Crippen molar-refractivity contribution < 1.29 is 23.9 Å². The van der Waals surface area contributed by atoms with Crippen molar-refractivity contribution in [3.63, 3.8) is 0 Å². The third-order valence-electron chi connectivity index (χ3n) is 12.0. The topological polar surface area (TPSA) is 69.7 Å². The van der Waals surface area contributed by atoms with Crippen LogP contribution >= 0.6 is 0 Å². The summed E-state index contributed by atoms with van der Waals surface area (Å²) < 4.78 is 11.8. The molecular weight excluding hydrogens is 452 g/mol. The van der Waals surface area contributed by atoms with Crippen molar-refractivity contribution in [1.29, 1.82) is 0 Å². The Morgan fingerprint density at radius 2 is 1.67 bits per heavy atom. The molecule has 0 unspecified atom stereocenters. The largest absolute Gasteiger partial charge is 0.459 e. The minimum atomic E-state index is -0.741. The number of ketones is 1. The van der Waals surface area contributed by atoms with E-state index in [9.17, 15) is 14.4 Å². The van der Waals surface area contributed by atoms with Gasteiger partial charge in [-0.1, -0.05) is 33.3 Å². The summed E-state index contributed by atoms with van der Waals surface area (Å²) in [6.07, 6.45) is 11.8. The Bertz CT molecular complexity index is 966. The van der Waals surface area contributed by atoms with Gasteiger partial charge in [-0.15, -0.1) is 0 Å². The molecule has 0 aromatic heterocycles. The molecule has 0 N–H and O–H groups in total. The molecule has 5 aliphatic rings. The average molecular weight is 499 g/mol. The highest BCUT2D eigenvalue weighted by atomic mass is 16.6. The average Bonchev–Trinajstić information content (AvgIpc) is 3.15. The quantitative estimate of drug-likeness (QED) is 0.418. The van der Waals surface area contributed by atoms with Crippen LogP contribution in [0.5, 0.6) is 0 Å². The van der Waals surface area contributed by atoms with Gasteiger partial charge in [-0.25, -0.2) is 0 Å². The first kappa shape index (κ1) is 26.0. The van der Waals surface area contributed by atoms with Gasteiger partial charge in [-0.3, -0.25) is 14.4 Å². The van der Waals surface area contributed by atoms with Crippen molar-refractivity contribution in [3.8, 4) is 0 Å². The number of carbonyl (C=O) groups excluding carboxylic acids is 3. The first-order valence-corrected chi connectivity index (χ1v) is 14.6. The Kier molecular flexibility index (Phi) is 6.48. The minimum absolute atomic E-state index is 0.0603. The standard InChI is InChI=1S/C31H46O5/c1-18(2)31(19(3)35-20(4)32)16-12-24(28(34)36-31)26-10-9-25-23-8-7-21-17-22(33)11-14-29(21,5)27(23)13-15-30(25,26)6/h17-19,23-27H,7-16H2,1-6H3/t19-,23-,24+,25-,26+,27-,29-,30-,31-/m0/s1. The Labute approximate surface area is 217 Å². The maximum Gasteiger partial charge on any atom is 0.309 e. The number of fused-ring (bicyclic) bond motifs is 5. The molecule has 0 spiro atoms. The summed E-state index contributed by atoms with van der Waals surface area (Å²) in [7, 11) is 0. The van der Waals surface area contributed by atoms with E-state index in [2.05, 4.69) is 27.7 Å². The van der Waals surface area contributed by atoms with E-state index in [1.165, 1.54) is 38.2 Å². The Balaban J connectivity index is 1.35. The van der Waals surface area contributed by atoms with Gasteiger partial charge < -0.3 is 9.47 Å². The normalized spacial score (nSPS) is 45.2. The Hall–Kier alpha value is -1.65. The van der Waals surface area contributed by atoms with Gasteiger partial charge in [0, 0.05) is 13.3 Å². The molecule has 4 fully saturated rings. The molecule has 200 valence electrons. The highest BCUT2D eigenvalue weighted by Gasteiger charge is 2.62. The first-order valence-electron chi connectivity index (χ1n) is 14.6. The molecule has 3 saturated carbocycles. The van der Waals surface area contributed by atoms with Crippen LogP contribution < -0.4 is 0 Å². The molecule has 1 saturated heterocycles. The number of hydrogen-bond acceptors (Lipinski definition) is 5. The second kappa shape index (κ2) is 8.98. The number of allylic oxidation sites excluding steroid dienone is 1. The van der Waals surface area contributed by atoms with Gasteiger partial charge in [0.25, 0.3) is 0 Å². The van der Waals surface area contributed by atoms with Crippen molar-refractivity contribution >= 4 is 17.7 Å².